The number of benzene rings is 2. The lowest BCUT2D eigenvalue weighted by atomic mass is 10.1. The topological polar surface area (TPSA) is 84.2 Å². The largest absolute Gasteiger partial charge is 0.461 e. The van der Waals surface area contributed by atoms with E-state index in [4.69, 9.17) is 9.47 Å². The maximum Gasteiger partial charge on any atom is 0.355 e. The number of carbonyl (C=O) groups is 2. The van der Waals surface area contributed by atoms with Crippen LogP contribution in [-0.2, 0) is 9.47 Å². The number of nitrogens with one attached hydrogen (secondary N) is 2. The number of hydrogen-bond donors (Lipinski definition) is 2. The van der Waals surface area contributed by atoms with Crippen molar-refractivity contribution in [1.29, 1.82) is 0 Å². The van der Waals surface area contributed by atoms with Crippen LogP contribution in [0.4, 0.5) is 0 Å². The lowest BCUT2D eigenvalue weighted by Gasteiger charge is -2.04. The molecule has 0 spiro atoms. The van der Waals surface area contributed by atoms with E-state index in [1.807, 2.05) is 60.7 Å². The molecule has 6 nitrogen and oxygen atoms in total. The van der Waals surface area contributed by atoms with Crippen LogP contribution in [0.25, 0.3) is 22.3 Å². The average Bonchev–Trinajstić information content (AvgIpc) is 3.43. The van der Waals surface area contributed by atoms with Crippen LogP contribution in [0.3, 0.4) is 0 Å². The van der Waals surface area contributed by atoms with Gasteiger partial charge in [-0.3, -0.25) is 0 Å². The summed E-state index contributed by atoms with van der Waals surface area (Å²) in [6.45, 7) is 4.31. The van der Waals surface area contributed by atoms with E-state index in [1.54, 1.807) is 26.2 Å². The Balaban J connectivity index is 0.000000191. The van der Waals surface area contributed by atoms with Crippen molar-refractivity contribution < 1.29 is 19.1 Å². The first-order valence-corrected chi connectivity index (χ1v) is 12.2. The number of halogens is 2. The molecule has 0 unspecified atom stereocenters. The molecule has 0 fully saturated rings. The molecule has 34 heavy (non-hydrogen) atoms. The highest BCUT2D eigenvalue weighted by Crippen LogP contribution is 2.32. The second-order valence-corrected chi connectivity index (χ2v) is 8.65. The number of rotatable bonds is 6. The molecule has 0 radical (unpaired) electrons. The summed E-state index contributed by atoms with van der Waals surface area (Å²) in [5.41, 5.74) is 4.58. The van der Waals surface area contributed by atoms with Crippen LogP contribution < -0.4 is 0 Å². The highest BCUT2D eigenvalue weighted by Gasteiger charge is 2.19. The first-order chi connectivity index (χ1) is 16.5. The van der Waals surface area contributed by atoms with Crippen molar-refractivity contribution in [3.8, 4) is 22.3 Å². The number of H-pyrrole nitrogens is 2. The van der Waals surface area contributed by atoms with Crippen molar-refractivity contribution in [2.24, 2.45) is 0 Å². The molecule has 0 atom stereocenters. The van der Waals surface area contributed by atoms with E-state index in [0.29, 0.717) is 24.6 Å². The van der Waals surface area contributed by atoms with Gasteiger partial charge in [0.25, 0.3) is 0 Å². The normalized spacial score (nSPS) is 10.2. The summed E-state index contributed by atoms with van der Waals surface area (Å²) < 4.78 is 11.7. The third-order valence-corrected chi connectivity index (χ3v) is 6.00. The van der Waals surface area contributed by atoms with Crippen molar-refractivity contribution in [1.82, 2.24) is 9.97 Å². The Kier molecular flexibility index (Phi) is 9.30. The third-order valence-electron chi connectivity index (χ3n) is 4.75. The highest BCUT2D eigenvalue weighted by atomic mass is 79.9. The first kappa shape index (κ1) is 25.5. The van der Waals surface area contributed by atoms with E-state index >= 15 is 0 Å². The molecule has 4 aromatic rings. The number of esters is 2. The molecule has 176 valence electrons. The Bertz CT molecular complexity index is 1140. The second kappa shape index (κ2) is 12.4. The third kappa shape index (κ3) is 6.07. The average molecular weight is 588 g/mol. The van der Waals surface area contributed by atoms with Crippen molar-refractivity contribution >= 4 is 43.8 Å². The zero-order valence-electron chi connectivity index (χ0n) is 18.7. The second-order valence-electron chi connectivity index (χ2n) is 6.95. The SMILES string of the molecule is CCOC(=O)c1[nH]cc(Br)c1-c1ccccc1.CCOC(=O)c1[nH]cc(Br)c1-c1ccccc1. The summed E-state index contributed by atoms with van der Waals surface area (Å²) in [5, 5.41) is 0. The van der Waals surface area contributed by atoms with Crippen molar-refractivity contribution in [3.05, 3.63) is 93.4 Å². The molecule has 2 aromatic heterocycles. The molecule has 8 heteroatoms. The maximum atomic E-state index is 11.8. The monoisotopic (exact) mass is 586 g/mol. The minimum atomic E-state index is -0.336. The van der Waals surface area contributed by atoms with Gasteiger partial charge in [0.2, 0.25) is 0 Å². The Morgan fingerprint density at radius 1 is 0.676 bits per heavy atom. The van der Waals surface area contributed by atoms with Gasteiger partial charge in [0.1, 0.15) is 11.4 Å². The molecule has 2 aromatic carbocycles. The minimum absolute atomic E-state index is 0.336. The van der Waals surface area contributed by atoms with Crippen LogP contribution in [0.2, 0.25) is 0 Å². The van der Waals surface area contributed by atoms with Gasteiger partial charge in [-0.15, -0.1) is 0 Å². The molecule has 0 bridgehead atoms. The zero-order chi connectivity index (χ0) is 24.5. The summed E-state index contributed by atoms with van der Waals surface area (Å²) in [6, 6.07) is 19.4. The van der Waals surface area contributed by atoms with Gasteiger partial charge < -0.3 is 19.4 Å². The quantitative estimate of drug-likeness (QED) is 0.233. The van der Waals surface area contributed by atoms with Crippen LogP contribution in [-0.4, -0.2) is 35.1 Å². The number of aromatic nitrogens is 2. The van der Waals surface area contributed by atoms with Gasteiger partial charge >= 0.3 is 11.9 Å². The van der Waals surface area contributed by atoms with E-state index in [-0.39, 0.29) is 11.9 Å². The van der Waals surface area contributed by atoms with Gasteiger partial charge in [-0.05, 0) is 56.8 Å². The van der Waals surface area contributed by atoms with Crippen molar-refractivity contribution in [2.75, 3.05) is 13.2 Å². The lowest BCUT2D eigenvalue weighted by Crippen LogP contribution is -2.06. The fourth-order valence-electron chi connectivity index (χ4n) is 3.30. The lowest BCUT2D eigenvalue weighted by molar-refractivity contribution is 0.0511. The van der Waals surface area contributed by atoms with E-state index in [9.17, 15) is 9.59 Å². The number of carbonyl (C=O) groups excluding carboxylic acids is 2. The smallest absolute Gasteiger partial charge is 0.355 e. The molecular weight excluding hydrogens is 564 g/mol. The predicted octanol–water partition coefficient (Wildman–Crippen LogP) is 7.24. The van der Waals surface area contributed by atoms with Crippen LogP contribution in [0.1, 0.15) is 34.8 Å². The molecule has 0 amide bonds. The minimum Gasteiger partial charge on any atom is -0.461 e. The summed E-state index contributed by atoms with van der Waals surface area (Å²) in [7, 11) is 0. The molecule has 0 aliphatic heterocycles. The van der Waals surface area contributed by atoms with Gasteiger partial charge in [-0.2, -0.15) is 0 Å². The number of hydrogen-bond acceptors (Lipinski definition) is 4. The predicted molar refractivity (Wildman–Crippen MR) is 140 cm³/mol. The first-order valence-electron chi connectivity index (χ1n) is 10.7. The summed E-state index contributed by atoms with van der Waals surface area (Å²) in [5.74, 6) is -0.672. The van der Waals surface area contributed by atoms with Crippen LogP contribution in [0, 0.1) is 0 Å². The molecule has 0 saturated carbocycles. The van der Waals surface area contributed by atoms with E-state index < -0.39 is 0 Å². The van der Waals surface area contributed by atoms with Crippen molar-refractivity contribution in [3.63, 3.8) is 0 Å². The summed E-state index contributed by atoms with van der Waals surface area (Å²) in [4.78, 5) is 29.4. The molecule has 0 aliphatic rings. The number of ether oxygens (including phenoxy) is 2. The van der Waals surface area contributed by atoms with E-state index in [0.717, 1.165) is 31.2 Å². The maximum absolute atomic E-state index is 11.8. The molecular formula is C26H24Br2N2O4. The van der Waals surface area contributed by atoms with Crippen LogP contribution >= 0.6 is 31.9 Å². The summed E-state index contributed by atoms with van der Waals surface area (Å²) >= 11 is 6.87. The Labute approximate surface area is 215 Å². The fourth-order valence-corrected chi connectivity index (χ4v) is 4.38. The molecule has 2 heterocycles. The van der Waals surface area contributed by atoms with Gasteiger partial charge in [-0.1, -0.05) is 60.7 Å². The van der Waals surface area contributed by atoms with Gasteiger partial charge in [0.05, 0.1) is 13.2 Å². The Hall–Kier alpha value is -3.10. The van der Waals surface area contributed by atoms with Crippen molar-refractivity contribution in [2.45, 2.75) is 13.8 Å². The molecule has 4 rings (SSSR count). The molecule has 2 N–H and O–H groups in total. The Morgan fingerprint density at radius 3 is 1.35 bits per heavy atom. The zero-order valence-corrected chi connectivity index (χ0v) is 21.9. The standard InChI is InChI=1S/2C13H12BrNO2/c2*1-2-17-13(16)12-11(10(14)8-15-12)9-6-4-3-5-7-9/h2*3-8,15H,2H2,1H3. The Morgan fingerprint density at radius 2 is 1.03 bits per heavy atom. The number of aromatic amines is 2. The van der Waals surface area contributed by atoms with Gasteiger partial charge in [-0.25, -0.2) is 9.59 Å². The van der Waals surface area contributed by atoms with E-state index in [2.05, 4.69) is 41.8 Å². The highest BCUT2D eigenvalue weighted by molar-refractivity contribution is 9.11. The van der Waals surface area contributed by atoms with Gasteiger partial charge in [0.15, 0.2) is 0 Å². The van der Waals surface area contributed by atoms with Crippen LogP contribution in [0.5, 0.6) is 0 Å². The molecule has 0 saturated heterocycles. The fraction of sp³-hybridized carbons (Fsp3) is 0.154. The summed E-state index contributed by atoms with van der Waals surface area (Å²) in [6.07, 6.45) is 3.49. The van der Waals surface area contributed by atoms with E-state index in [1.165, 1.54) is 0 Å². The molecule has 0 aliphatic carbocycles. The van der Waals surface area contributed by atoms with Crippen LogP contribution in [0.15, 0.2) is 82.0 Å². The van der Waals surface area contributed by atoms with Gasteiger partial charge in [0, 0.05) is 32.5 Å².